The van der Waals surface area contributed by atoms with Crippen molar-refractivity contribution in [2.45, 2.75) is 58.3 Å². The fourth-order valence-electron chi connectivity index (χ4n) is 2.14. The molecule has 5 heteroatoms. The number of anilines is 1. The third kappa shape index (κ3) is 4.11. The SMILES string of the molecule is CC(C)(C)OC(=O)Nc1ccc2c(c1)C[C@@H](C(C)(C)O)O2. The van der Waals surface area contributed by atoms with Gasteiger partial charge < -0.3 is 14.6 Å². The highest BCUT2D eigenvalue weighted by Crippen LogP contribution is 2.34. The van der Waals surface area contributed by atoms with Crippen LogP contribution in [-0.4, -0.2) is 28.5 Å². The Balaban J connectivity index is 2.06. The number of fused-ring (bicyclic) bond motifs is 1. The Hall–Kier alpha value is -1.75. The number of nitrogens with one attached hydrogen (secondary N) is 1. The van der Waals surface area contributed by atoms with E-state index in [0.29, 0.717) is 12.1 Å². The smallest absolute Gasteiger partial charge is 0.412 e. The van der Waals surface area contributed by atoms with Crippen LogP contribution in [0, 0.1) is 0 Å². The number of carbonyl (C=O) groups excluding carboxylic acids is 1. The lowest BCUT2D eigenvalue weighted by molar-refractivity contribution is -0.0229. The normalized spacial score (nSPS) is 17.9. The third-order valence-corrected chi connectivity index (χ3v) is 3.17. The molecule has 1 heterocycles. The molecule has 0 aromatic heterocycles. The van der Waals surface area contributed by atoms with E-state index in [1.807, 2.05) is 26.8 Å². The molecule has 1 atom stereocenters. The first-order valence-electron chi connectivity index (χ1n) is 7.06. The first-order valence-corrected chi connectivity index (χ1v) is 7.06. The number of benzene rings is 1. The van der Waals surface area contributed by atoms with E-state index in [2.05, 4.69) is 5.32 Å². The van der Waals surface area contributed by atoms with Crippen molar-refractivity contribution in [3.8, 4) is 5.75 Å². The highest BCUT2D eigenvalue weighted by atomic mass is 16.6. The Bertz CT molecular complexity index is 540. The Morgan fingerprint density at radius 2 is 2.00 bits per heavy atom. The van der Waals surface area contributed by atoms with Gasteiger partial charge in [-0.15, -0.1) is 0 Å². The average Bonchev–Trinajstić information content (AvgIpc) is 2.68. The summed E-state index contributed by atoms with van der Waals surface area (Å²) < 4.78 is 10.9. The van der Waals surface area contributed by atoms with E-state index in [1.165, 1.54) is 0 Å². The molecule has 1 aromatic carbocycles. The van der Waals surface area contributed by atoms with Gasteiger partial charge in [-0.3, -0.25) is 5.32 Å². The van der Waals surface area contributed by atoms with E-state index < -0.39 is 17.3 Å². The van der Waals surface area contributed by atoms with Crippen molar-refractivity contribution in [1.29, 1.82) is 0 Å². The first-order chi connectivity index (χ1) is 9.54. The van der Waals surface area contributed by atoms with E-state index >= 15 is 0 Å². The van der Waals surface area contributed by atoms with Crippen molar-refractivity contribution >= 4 is 11.8 Å². The van der Waals surface area contributed by atoms with E-state index in [4.69, 9.17) is 9.47 Å². The first kappa shape index (κ1) is 15.6. The second-order valence-electron chi connectivity index (χ2n) is 6.91. The van der Waals surface area contributed by atoms with Gasteiger partial charge in [0.15, 0.2) is 0 Å². The molecule has 1 aliphatic heterocycles. The molecule has 0 bridgehead atoms. The van der Waals surface area contributed by atoms with Crippen LogP contribution in [-0.2, 0) is 11.2 Å². The summed E-state index contributed by atoms with van der Waals surface area (Å²) in [5, 5.41) is 12.7. The van der Waals surface area contributed by atoms with E-state index in [-0.39, 0.29) is 6.10 Å². The van der Waals surface area contributed by atoms with Gasteiger partial charge in [0.1, 0.15) is 17.5 Å². The van der Waals surface area contributed by atoms with Crippen molar-refractivity contribution in [2.75, 3.05) is 5.32 Å². The zero-order chi connectivity index (χ0) is 15.8. The van der Waals surface area contributed by atoms with E-state index in [1.54, 1.807) is 26.0 Å². The number of carbonyl (C=O) groups is 1. The Morgan fingerprint density at radius 1 is 1.33 bits per heavy atom. The second kappa shape index (κ2) is 5.22. The lowest BCUT2D eigenvalue weighted by Crippen LogP contribution is -2.39. The van der Waals surface area contributed by atoms with Crippen molar-refractivity contribution < 1.29 is 19.4 Å². The molecule has 1 aromatic rings. The molecule has 2 N–H and O–H groups in total. The lowest BCUT2D eigenvalue weighted by atomic mass is 9.97. The van der Waals surface area contributed by atoms with Crippen LogP contribution < -0.4 is 10.1 Å². The maximum absolute atomic E-state index is 11.7. The van der Waals surface area contributed by atoms with Gasteiger partial charge >= 0.3 is 6.09 Å². The summed E-state index contributed by atoms with van der Waals surface area (Å²) in [6, 6.07) is 5.41. The van der Waals surface area contributed by atoms with Crippen LogP contribution in [0.3, 0.4) is 0 Å². The fourth-order valence-corrected chi connectivity index (χ4v) is 2.14. The number of amides is 1. The average molecular weight is 293 g/mol. The molecule has 1 aliphatic rings. The minimum Gasteiger partial charge on any atom is -0.487 e. The van der Waals surface area contributed by atoms with Crippen LogP contribution >= 0.6 is 0 Å². The third-order valence-electron chi connectivity index (χ3n) is 3.17. The van der Waals surface area contributed by atoms with Gasteiger partial charge in [-0.05, 0) is 58.4 Å². The number of aliphatic hydroxyl groups is 1. The summed E-state index contributed by atoms with van der Waals surface area (Å²) in [5.74, 6) is 0.747. The van der Waals surface area contributed by atoms with Gasteiger partial charge in [-0.2, -0.15) is 0 Å². The topological polar surface area (TPSA) is 67.8 Å². The Morgan fingerprint density at radius 3 is 2.57 bits per heavy atom. The number of hydrogen-bond acceptors (Lipinski definition) is 4. The van der Waals surface area contributed by atoms with Crippen molar-refractivity contribution in [3.05, 3.63) is 23.8 Å². The van der Waals surface area contributed by atoms with Crippen molar-refractivity contribution in [3.63, 3.8) is 0 Å². The molecule has 0 aliphatic carbocycles. The number of rotatable bonds is 2. The van der Waals surface area contributed by atoms with Crippen molar-refractivity contribution in [2.24, 2.45) is 0 Å². The zero-order valence-corrected chi connectivity index (χ0v) is 13.2. The molecule has 0 fully saturated rings. The maximum Gasteiger partial charge on any atom is 0.412 e. The van der Waals surface area contributed by atoms with Crippen molar-refractivity contribution in [1.82, 2.24) is 0 Å². The predicted molar refractivity (Wildman–Crippen MR) is 80.7 cm³/mol. The summed E-state index contributed by atoms with van der Waals surface area (Å²) in [6.45, 7) is 8.90. The van der Waals surface area contributed by atoms with Crippen LogP contribution in [0.1, 0.15) is 40.2 Å². The fraction of sp³-hybridized carbons (Fsp3) is 0.562. The highest BCUT2D eigenvalue weighted by molar-refractivity contribution is 5.85. The molecule has 0 spiro atoms. The second-order valence-corrected chi connectivity index (χ2v) is 6.91. The molecule has 0 radical (unpaired) electrons. The quantitative estimate of drug-likeness (QED) is 0.879. The Labute approximate surface area is 125 Å². The lowest BCUT2D eigenvalue weighted by Gasteiger charge is -2.24. The van der Waals surface area contributed by atoms with E-state index in [0.717, 1.165) is 11.3 Å². The van der Waals surface area contributed by atoms with Crippen LogP contribution in [0.25, 0.3) is 0 Å². The maximum atomic E-state index is 11.7. The van der Waals surface area contributed by atoms with Gasteiger partial charge in [0.2, 0.25) is 0 Å². The predicted octanol–water partition coefficient (Wildman–Crippen LogP) is 3.11. The van der Waals surface area contributed by atoms with Crippen LogP contribution in [0.4, 0.5) is 10.5 Å². The van der Waals surface area contributed by atoms with Gasteiger partial charge in [-0.25, -0.2) is 4.79 Å². The minimum atomic E-state index is -0.905. The monoisotopic (exact) mass is 293 g/mol. The Kier molecular flexibility index (Phi) is 3.89. The molecule has 2 rings (SSSR count). The molecule has 116 valence electrons. The molecule has 5 nitrogen and oxygen atoms in total. The summed E-state index contributed by atoms with van der Waals surface area (Å²) >= 11 is 0. The summed E-state index contributed by atoms with van der Waals surface area (Å²) in [7, 11) is 0. The summed E-state index contributed by atoms with van der Waals surface area (Å²) in [4.78, 5) is 11.7. The summed E-state index contributed by atoms with van der Waals surface area (Å²) in [6.07, 6.45) is -0.146. The molecular weight excluding hydrogens is 270 g/mol. The standard InChI is InChI=1S/C16H23NO4/c1-15(2,3)21-14(18)17-11-6-7-12-10(8-11)9-13(20-12)16(4,5)19/h6-8,13,19H,9H2,1-5H3,(H,17,18)/t13-/m0/s1. The molecule has 1 amide bonds. The number of ether oxygens (including phenoxy) is 2. The molecule has 0 saturated carbocycles. The van der Waals surface area contributed by atoms with Crippen LogP contribution in [0.15, 0.2) is 18.2 Å². The largest absolute Gasteiger partial charge is 0.487 e. The van der Waals surface area contributed by atoms with Gasteiger partial charge in [-0.1, -0.05) is 0 Å². The highest BCUT2D eigenvalue weighted by Gasteiger charge is 2.34. The van der Waals surface area contributed by atoms with Crippen LogP contribution in [0.5, 0.6) is 5.75 Å². The molecule has 0 saturated heterocycles. The molecule has 21 heavy (non-hydrogen) atoms. The summed E-state index contributed by atoms with van der Waals surface area (Å²) in [5.41, 5.74) is 0.187. The van der Waals surface area contributed by atoms with Crippen LogP contribution in [0.2, 0.25) is 0 Å². The van der Waals surface area contributed by atoms with E-state index in [9.17, 15) is 9.90 Å². The van der Waals surface area contributed by atoms with Gasteiger partial charge in [0, 0.05) is 12.1 Å². The zero-order valence-electron chi connectivity index (χ0n) is 13.2. The minimum absolute atomic E-state index is 0.274. The van der Waals surface area contributed by atoms with Gasteiger partial charge in [0.05, 0.1) is 5.60 Å². The molecule has 0 unspecified atom stereocenters. The molecular formula is C16H23NO4. The number of hydrogen-bond donors (Lipinski definition) is 2. The van der Waals surface area contributed by atoms with Gasteiger partial charge in [0.25, 0.3) is 0 Å².